The third kappa shape index (κ3) is 5.98. The molecule has 0 unspecified atom stereocenters. The molecule has 5 rings (SSSR count). The van der Waals surface area contributed by atoms with Crippen LogP contribution in [-0.4, -0.2) is 38.1 Å². The number of anilines is 3. The van der Waals surface area contributed by atoms with Crippen molar-refractivity contribution in [3.63, 3.8) is 0 Å². The number of urea groups is 1. The van der Waals surface area contributed by atoms with E-state index in [0.29, 0.717) is 40.4 Å². The van der Waals surface area contributed by atoms with E-state index in [4.69, 9.17) is 5.73 Å². The number of alkyl halides is 3. The van der Waals surface area contributed by atoms with E-state index in [-0.39, 0.29) is 17.5 Å². The van der Waals surface area contributed by atoms with Crippen LogP contribution in [0, 0.1) is 5.92 Å². The van der Waals surface area contributed by atoms with Gasteiger partial charge in [0.1, 0.15) is 23.4 Å². The fraction of sp³-hybridized carbons (Fsp3) is 0.296. The number of amides is 3. The number of pyridine rings is 1. The molecule has 0 spiro atoms. The topological polar surface area (TPSA) is 139 Å². The first-order chi connectivity index (χ1) is 19.2. The Morgan fingerprint density at radius 2 is 1.77 bits per heavy atom. The molecule has 0 bridgehead atoms. The molecule has 208 valence electrons. The summed E-state index contributed by atoms with van der Waals surface area (Å²) in [4.78, 5) is 33.2. The molecule has 3 amide bonds. The summed E-state index contributed by atoms with van der Waals surface area (Å²) in [6.07, 6.45) is 4.04. The van der Waals surface area contributed by atoms with Gasteiger partial charge in [-0.2, -0.15) is 18.3 Å². The summed E-state index contributed by atoms with van der Waals surface area (Å²) < 4.78 is 40.2. The van der Waals surface area contributed by atoms with E-state index >= 15 is 0 Å². The van der Waals surface area contributed by atoms with Crippen molar-refractivity contribution in [3.05, 3.63) is 66.2 Å². The van der Waals surface area contributed by atoms with Crippen LogP contribution in [0.25, 0.3) is 16.6 Å². The molecule has 40 heavy (non-hydrogen) atoms. The zero-order chi connectivity index (χ0) is 28.3. The summed E-state index contributed by atoms with van der Waals surface area (Å²) in [5, 5.41) is 12.1. The van der Waals surface area contributed by atoms with E-state index in [0.717, 1.165) is 25.0 Å². The molecule has 0 atom stereocenters. The molecule has 4 aromatic rings. The summed E-state index contributed by atoms with van der Waals surface area (Å²) in [6, 6.07) is 9.04. The van der Waals surface area contributed by atoms with Crippen molar-refractivity contribution in [2.24, 2.45) is 5.92 Å². The first-order valence-corrected chi connectivity index (χ1v) is 12.8. The smallest absolute Gasteiger partial charge is 0.382 e. The number of carbonyl (C=O) groups excluding carboxylic acids is 2. The Morgan fingerprint density at radius 1 is 1.02 bits per heavy atom. The molecule has 1 fully saturated rings. The van der Waals surface area contributed by atoms with Crippen LogP contribution in [0.4, 0.5) is 35.3 Å². The van der Waals surface area contributed by atoms with Crippen molar-refractivity contribution in [2.75, 3.05) is 22.9 Å². The minimum atomic E-state index is -4.63. The maximum absolute atomic E-state index is 13.3. The molecule has 10 nitrogen and oxygen atoms in total. The number of halogens is 3. The molecule has 13 heteroatoms. The minimum Gasteiger partial charge on any atom is -0.382 e. The van der Waals surface area contributed by atoms with Gasteiger partial charge in [-0.3, -0.25) is 10.1 Å². The molecule has 0 aliphatic heterocycles. The van der Waals surface area contributed by atoms with Gasteiger partial charge >= 0.3 is 12.2 Å². The highest BCUT2D eigenvalue weighted by Crippen LogP contribution is 2.33. The molecule has 0 saturated heterocycles. The van der Waals surface area contributed by atoms with Crippen LogP contribution in [-0.2, 0) is 6.18 Å². The van der Waals surface area contributed by atoms with Crippen LogP contribution in [0.1, 0.15) is 48.2 Å². The Morgan fingerprint density at radius 3 is 2.50 bits per heavy atom. The third-order valence-electron chi connectivity index (χ3n) is 6.84. The summed E-state index contributed by atoms with van der Waals surface area (Å²) in [5.74, 6) is 0.154. The van der Waals surface area contributed by atoms with Crippen LogP contribution in [0.3, 0.4) is 0 Å². The lowest BCUT2D eigenvalue weighted by atomic mass is 9.89. The molecule has 1 saturated carbocycles. The molecule has 3 aromatic heterocycles. The standard InChI is InChI=1S/C27H27F3N8O2/c28-27(29,30)20-7-4-8-21(36-20)37-26(40)35-18-11-9-17(10-12-18)22-19(14-38-23(22)24(31)33-15-34-38)25(39)32-13-16-5-2-1-3-6-16/h4,7-12,14-16H,1-3,5-6,13H2,(H,32,39)(H2,31,33,34)(H2,35,36,37,40). The van der Waals surface area contributed by atoms with Gasteiger partial charge < -0.3 is 16.4 Å². The highest BCUT2D eigenvalue weighted by atomic mass is 19.4. The van der Waals surface area contributed by atoms with E-state index in [1.165, 1.54) is 36.2 Å². The third-order valence-corrected chi connectivity index (χ3v) is 6.84. The van der Waals surface area contributed by atoms with E-state index in [1.54, 1.807) is 30.5 Å². The highest BCUT2D eigenvalue weighted by molar-refractivity contribution is 6.07. The van der Waals surface area contributed by atoms with Gasteiger partial charge in [0.25, 0.3) is 5.91 Å². The molecule has 0 radical (unpaired) electrons. The average Bonchev–Trinajstić information content (AvgIpc) is 3.33. The number of carbonyl (C=O) groups is 2. The Bertz CT molecular complexity index is 1530. The number of nitrogen functional groups attached to an aromatic ring is 1. The molecule has 5 N–H and O–H groups in total. The molecule has 1 aliphatic carbocycles. The van der Waals surface area contributed by atoms with Crippen molar-refractivity contribution in [1.29, 1.82) is 0 Å². The largest absolute Gasteiger partial charge is 0.433 e. The zero-order valence-electron chi connectivity index (χ0n) is 21.3. The van der Waals surface area contributed by atoms with Gasteiger partial charge in [-0.15, -0.1) is 0 Å². The van der Waals surface area contributed by atoms with Crippen LogP contribution < -0.4 is 21.7 Å². The van der Waals surface area contributed by atoms with Crippen molar-refractivity contribution in [2.45, 2.75) is 38.3 Å². The lowest BCUT2D eigenvalue weighted by molar-refractivity contribution is -0.141. The lowest BCUT2D eigenvalue weighted by Gasteiger charge is -2.21. The Kier molecular flexibility index (Phi) is 7.54. The van der Waals surface area contributed by atoms with E-state index in [1.807, 2.05) is 0 Å². The maximum Gasteiger partial charge on any atom is 0.433 e. The number of nitrogens with two attached hydrogens (primary N) is 1. The van der Waals surface area contributed by atoms with Gasteiger partial charge in [0, 0.05) is 24.0 Å². The van der Waals surface area contributed by atoms with Gasteiger partial charge in [0.15, 0.2) is 5.82 Å². The molecule has 1 aromatic carbocycles. The number of nitrogens with zero attached hydrogens (tertiary/aromatic N) is 4. The normalized spacial score (nSPS) is 14.2. The number of benzene rings is 1. The fourth-order valence-corrected chi connectivity index (χ4v) is 4.88. The van der Waals surface area contributed by atoms with Crippen LogP contribution in [0.5, 0.6) is 0 Å². The number of aromatic nitrogens is 4. The van der Waals surface area contributed by atoms with Crippen LogP contribution in [0.2, 0.25) is 0 Å². The summed E-state index contributed by atoms with van der Waals surface area (Å²) in [7, 11) is 0. The quantitative estimate of drug-likeness (QED) is 0.254. The van der Waals surface area contributed by atoms with Crippen molar-refractivity contribution < 1.29 is 22.8 Å². The van der Waals surface area contributed by atoms with Crippen LogP contribution in [0.15, 0.2) is 55.0 Å². The van der Waals surface area contributed by atoms with E-state index in [9.17, 15) is 22.8 Å². The van der Waals surface area contributed by atoms with E-state index < -0.39 is 17.9 Å². The van der Waals surface area contributed by atoms with Crippen molar-refractivity contribution in [1.82, 2.24) is 24.9 Å². The molecular weight excluding hydrogens is 525 g/mol. The number of hydrogen-bond acceptors (Lipinski definition) is 6. The molecule has 1 aliphatic rings. The van der Waals surface area contributed by atoms with Crippen molar-refractivity contribution in [3.8, 4) is 11.1 Å². The first kappa shape index (κ1) is 26.9. The maximum atomic E-state index is 13.3. The monoisotopic (exact) mass is 552 g/mol. The first-order valence-electron chi connectivity index (χ1n) is 12.8. The van der Waals surface area contributed by atoms with Gasteiger partial charge in [-0.05, 0) is 48.6 Å². The zero-order valence-corrected chi connectivity index (χ0v) is 21.3. The predicted octanol–water partition coefficient (Wildman–Crippen LogP) is 5.35. The van der Waals surface area contributed by atoms with Crippen molar-refractivity contribution >= 4 is 34.8 Å². The number of nitrogens with one attached hydrogen (secondary N) is 3. The second kappa shape index (κ2) is 11.2. The van der Waals surface area contributed by atoms with E-state index in [2.05, 4.69) is 31.0 Å². The number of rotatable bonds is 6. The highest BCUT2D eigenvalue weighted by Gasteiger charge is 2.32. The Balaban J connectivity index is 1.34. The van der Waals surface area contributed by atoms with Crippen LogP contribution >= 0.6 is 0 Å². The lowest BCUT2D eigenvalue weighted by Crippen LogP contribution is -2.30. The second-order valence-corrected chi connectivity index (χ2v) is 9.63. The SMILES string of the molecule is Nc1ncnn2cc(C(=O)NCC3CCCCC3)c(-c3ccc(NC(=O)Nc4cccc(C(F)(F)F)n4)cc3)c12. The number of hydrogen-bond donors (Lipinski definition) is 4. The summed E-state index contributed by atoms with van der Waals surface area (Å²) in [5.41, 5.74) is 7.45. The molecular formula is C27H27F3N8O2. The minimum absolute atomic E-state index is 0.200. The van der Waals surface area contributed by atoms with Gasteiger partial charge in [0.2, 0.25) is 0 Å². The number of fused-ring (bicyclic) bond motifs is 1. The Hall–Kier alpha value is -4.68. The van der Waals surface area contributed by atoms with Gasteiger partial charge in [-0.1, -0.05) is 37.5 Å². The van der Waals surface area contributed by atoms with Gasteiger partial charge in [0.05, 0.1) is 5.56 Å². The van der Waals surface area contributed by atoms with Gasteiger partial charge in [-0.25, -0.2) is 19.3 Å². The predicted molar refractivity (Wildman–Crippen MR) is 144 cm³/mol. The average molecular weight is 553 g/mol. The fourth-order valence-electron chi connectivity index (χ4n) is 4.88. The summed E-state index contributed by atoms with van der Waals surface area (Å²) in [6.45, 7) is 0.588. The molecule has 3 heterocycles. The second-order valence-electron chi connectivity index (χ2n) is 9.63. The summed E-state index contributed by atoms with van der Waals surface area (Å²) >= 11 is 0. The Labute approximate surface area is 227 Å².